The van der Waals surface area contributed by atoms with Crippen molar-refractivity contribution in [2.24, 2.45) is 0 Å². The maximum Gasteiger partial charge on any atom is 0.460 e. The van der Waals surface area contributed by atoms with Gasteiger partial charge < -0.3 is 5.11 Å². The number of allylic oxidation sites excluding steroid dienone is 1. The number of carbonyl (C=O) groups is 1. The Hall–Kier alpha value is -1.56. The third-order valence-electron chi connectivity index (χ3n) is 1.74. The highest BCUT2D eigenvalue weighted by molar-refractivity contribution is 5.89. The van der Waals surface area contributed by atoms with Crippen LogP contribution in [0.5, 0.6) is 0 Å². The van der Waals surface area contributed by atoms with Gasteiger partial charge in [-0.1, -0.05) is 0 Å². The van der Waals surface area contributed by atoms with Crippen molar-refractivity contribution in [3.63, 3.8) is 0 Å². The van der Waals surface area contributed by atoms with E-state index in [0.29, 0.717) is 0 Å². The Kier molecular flexibility index (Phi) is 4.40. The van der Waals surface area contributed by atoms with E-state index >= 15 is 0 Å². The molecule has 0 heterocycles. The van der Waals surface area contributed by atoms with Crippen molar-refractivity contribution in [1.82, 2.24) is 0 Å². The van der Waals surface area contributed by atoms with Crippen molar-refractivity contribution in [1.29, 1.82) is 0 Å². The topological polar surface area (TPSA) is 37.3 Å². The molecule has 118 valence electrons. The Morgan fingerprint density at radius 1 is 0.800 bits per heavy atom. The first kappa shape index (κ1) is 18.4. The SMILES string of the molecule is O=C(O)C(=C(F)C(F)(F)C(F)(F)C(F)(F)F)C(F)(F)F. The van der Waals surface area contributed by atoms with E-state index in [4.69, 9.17) is 5.11 Å². The van der Waals surface area contributed by atoms with Crippen molar-refractivity contribution >= 4 is 5.97 Å². The van der Waals surface area contributed by atoms with E-state index in [0.717, 1.165) is 0 Å². The molecule has 0 aromatic heterocycles. The van der Waals surface area contributed by atoms with Gasteiger partial charge in [0.15, 0.2) is 11.4 Å². The van der Waals surface area contributed by atoms with Gasteiger partial charge in [0.2, 0.25) is 0 Å². The standard InChI is InChI=1S/C7HF11O2/c8-2(1(3(19)20)5(11,12)13)4(9,10)6(14,15)7(16,17)18/h(H,19,20). The number of alkyl halides is 10. The molecule has 1 N–H and O–H groups in total. The smallest absolute Gasteiger partial charge is 0.460 e. The van der Waals surface area contributed by atoms with Crippen LogP contribution in [-0.4, -0.2) is 35.3 Å². The summed E-state index contributed by atoms with van der Waals surface area (Å²) < 4.78 is 133. The zero-order chi connectivity index (χ0) is 16.7. The largest absolute Gasteiger partial charge is 0.478 e. The summed E-state index contributed by atoms with van der Waals surface area (Å²) in [5, 5.41) is 7.83. The van der Waals surface area contributed by atoms with Crippen molar-refractivity contribution in [2.75, 3.05) is 0 Å². The number of aliphatic carboxylic acids is 1. The first-order chi connectivity index (χ1) is 8.48. The fourth-order valence-corrected chi connectivity index (χ4v) is 0.812. The van der Waals surface area contributed by atoms with Gasteiger partial charge in [0.1, 0.15) is 0 Å². The predicted molar refractivity (Wildman–Crippen MR) is 37.8 cm³/mol. The van der Waals surface area contributed by atoms with Gasteiger partial charge in [0, 0.05) is 0 Å². The quantitative estimate of drug-likeness (QED) is 0.634. The van der Waals surface area contributed by atoms with Crippen molar-refractivity contribution in [3.8, 4) is 0 Å². The monoisotopic (exact) mass is 326 g/mol. The molecule has 0 aromatic carbocycles. The van der Waals surface area contributed by atoms with Gasteiger partial charge in [0.05, 0.1) is 0 Å². The molecular weight excluding hydrogens is 325 g/mol. The van der Waals surface area contributed by atoms with Crippen LogP contribution in [0.4, 0.5) is 48.3 Å². The first-order valence-corrected chi connectivity index (χ1v) is 4.01. The third-order valence-corrected chi connectivity index (χ3v) is 1.74. The molecule has 0 aliphatic rings. The van der Waals surface area contributed by atoms with Crippen LogP contribution in [-0.2, 0) is 4.79 Å². The van der Waals surface area contributed by atoms with Crippen LogP contribution >= 0.6 is 0 Å². The van der Waals surface area contributed by atoms with E-state index in [9.17, 15) is 53.1 Å². The highest BCUT2D eigenvalue weighted by Crippen LogP contribution is 2.51. The van der Waals surface area contributed by atoms with Crippen LogP contribution in [0.25, 0.3) is 0 Å². The predicted octanol–water partition coefficient (Wildman–Crippen LogP) is 3.69. The Labute approximate surface area is 101 Å². The second kappa shape index (κ2) is 4.77. The molecule has 0 spiro atoms. The average Bonchev–Trinajstić information content (AvgIpc) is 2.11. The molecule has 2 nitrogen and oxygen atoms in total. The molecule has 0 aliphatic carbocycles. The summed E-state index contributed by atoms with van der Waals surface area (Å²) in [6.45, 7) is 0. The molecule has 0 atom stereocenters. The maximum absolute atomic E-state index is 12.7. The summed E-state index contributed by atoms with van der Waals surface area (Å²) in [5.74, 6) is -22.2. The molecule has 0 unspecified atom stereocenters. The average molecular weight is 326 g/mol. The zero-order valence-corrected chi connectivity index (χ0v) is 8.51. The molecule has 0 saturated carbocycles. The lowest BCUT2D eigenvalue weighted by molar-refractivity contribution is -0.348. The first-order valence-electron chi connectivity index (χ1n) is 4.01. The maximum atomic E-state index is 12.7. The molecule has 0 bridgehead atoms. The lowest BCUT2D eigenvalue weighted by atomic mass is 10.1. The van der Waals surface area contributed by atoms with Gasteiger partial charge in [-0.3, -0.25) is 0 Å². The Morgan fingerprint density at radius 3 is 1.35 bits per heavy atom. The molecular formula is C7HF11O2. The molecule has 0 fully saturated rings. The van der Waals surface area contributed by atoms with Crippen LogP contribution in [0.15, 0.2) is 11.4 Å². The van der Waals surface area contributed by atoms with Crippen molar-refractivity contribution < 1.29 is 58.2 Å². The second-order valence-corrected chi connectivity index (χ2v) is 3.14. The van der Waals surface area contributed by atoms with E-state index in [1.54, 1.807) is 0 Å². The Bertz CT molecular complexity index is 427. The number of carboxylic acids is 1. The molecule has 0 radical (unpaired) electrons. The van der Waals surface area contributed by atoms with Gasteiger partial charge in [-0.2, -0.15) is 43.9 Å². The van der Waals surface area contributed by atoms with Gasteiger partial charge in [-0.05, 0) is 0 Å². The molecule has 0 saturated heterocycles. The Balaban J connectivity index is 6.26. The number of halogens is 11. The van der Waals surface area contributed by atoms with Gasteiger partial charge in [-0.15, -0.1) is 0 Å². The minimum absolute atomic E-state index is 3.48. The fraction of sp³-hybridized carbons (Fsp3) is 0.571. The fourth-order valence-electron chi connectivity index (χ4n) is 0.812. The lowest BCUT2D eigenvalue weighted by Crippen LogP contribution is -2.53. The lowest BCUT2D eigenvalue weighted by Gasteiger charge is -2.27. The number of hydrogen-bond donors (Lipinski definition) is 1. The molecule has 0 rings (SSSR count). The van der Waals surface area contributed by atoms with Crippen LogP contribution in [0.2, 0.25) is 0 Å². The Morgan fingerprint density at radius 2 is 1.15 bits per heavy atom. The van der Waals surface area contributed by atoms with Gasteiger partial charge >= 0.3 is 30.2 Å². The van der Waals surface area contributed by atoms with E-state index in [-0.39, 0.29) is 0 Å². The highest BCUT2D eigenvalue weighted by Gasteiger charge is 2.76. The summed E-state index contributed by atoms with van der Waals surface area (Å²) in [4.78, 5) is 9.93. The second-order valence-electron chi connectivity index (χ2n) is 3.14. The van der Waals surface area contributed by atoms with E-state index in [1.165, 1.54) is 0 Å². The number of rotatable bonds is 3. The van der Waals surface area contributed by atoms with Crippen LogP contribution in [0, 0.1) is 0 Å². The number of carboxylic acid groups (broad SMARTS) is 1. The third kappa shape index (κ3) is 2.95. The van der Waals surface area contributed by atoms with E-state index in [1.807, 2.05) is 0 Å². The van der Waals surface area contributed by atoms with Gasteiger partial charge in [0.25, 0.3) is 0 Å². The van der Waals surface area contributed by atoms with Crippen LogP contribution in [0.3, 0.4) is 0 Å². The highest BCUT2D eigenvalue weighted by atomic mass is 19.4. The summed E-state index contributed by atoms with van der Waals surface area (Å²) in [6, 6.07) is 0. The van der Waals surface area contributed by atoms with Crippen LogP contribution < -0.4 is 0 Å². The molecule has 13 heteroatoms. The minimum Gasteiger partial charge on any atom is -0.478 e. The molecule has 20 heavy (non-hydrogen) atoms. The van der Waals surface area contributed by atoms with Crippen LogP contribution in [0.1, 0.15) is 0 Å². The summed E-state index contributed by atoms with van der Waals surface area (Å²) >= 11 is 0. The number of hydrogen-bond acceptors (Lipinski definition) is 1. The normalized spacial score (nSPS) is 15.9. The summed E-state index contributed by atoms with van der Waals surface area (Å²) in [6.07, 6.45) is -13.5. The summed E-state index contributed by atoms with van der Waals surface area (Å²) in [7, 11) is 0. The zero-order valence-electron chi connectivity index (χ0n) is 8.51. The molecule has 0 aromatic rings. The van der Waals surface area contributed by atoms with Crippen molar-refractivity contribution in [3.05, 3.63) is 11.4 Å². The van der Waals surface area contributed by atoms with Crippen molar-refractivity contribution in [2.45, 2.75) is 24.2 Å². The minimum atomic E-state index is -7.24. The summed E-state index contributed by atoms with van der Waals surface area (Å²) in [5.41, 5.74) is -3.86. The molecule has 0 aliphatic heterocycles. The van der Waals surface area contributed by atoms with E-state index < -0.39 is 41.6 Å². The van der Waals surface area contributed by atoms with E-state index in [2.05, 4.69) is 0 Å². The van der Waals surface area contributed by atoms with Gasteiger partial charge in [-0.25, -0.2) is 9.18 Å². The molecule has 0 amide bonds.